The number of nitrogens with two attached hydrogens (primary N) is 1. The minimum atomic E-state index is -0.118. The first-order valence-corrected chi connectivity index (χ1v) is 4.65. The Labute approximate surface area is 88.2 Å². The van der Waals surface area contributed by atoms with Crippen molar-refractivity contribution < 1.29 is 4.79 Å². The fraction of sp³-hybridized carbons (Fsp3) is 0.625. The Kier molecular flexibility index (Phi) is 4.04. The average molecular weight is 212 g/mol. The first-order valence-electron chi connectivity index (χ1n) is 4.65. The highest BCUT2D eigenvalue weighted by Gasteiger charge is 2.04. The zero-order valence-corrected chi connectivity index (χ0v) is 8.97. The lowest BCUT2D eigenvalue weighted by Crippen LogP contribution is -2.34. The molecule has 0 aliphatic heterocycles. The summed E-state index contributed by atoms with van der Waals surface area (Å²) < 4.78 is 0. The SMILES string of the molecule is CN(C)CCNC(=O)Cn1ncc(N)n1. The van der Waals surface area contributed by atoms with Crippen molar-refractivity contribution in [3.05, 3.63) is 6.20 Å². The topological polar surface area (TPSA) is 89.1 Å². The third kappa shape index (κ3) is 4.41. The number of hydrogen-bond donors (Lipinski definition) is 2. The van der Waals surface area contributed by atoms with Crippen LogP contribution in [0.15, 0.2) is 6.20 Å². The van der Waals surface area contributed by atoms with E-state index in [1.807, 2.05) is 19.0 Å². The van der Waals surface area contributed by atoms with E-state index < -0.39 is 0 Å². The number of nitrogens with one attached hydrogen (secondary N) is 1. The molecule has 0 radical (unpaired) electrons. The fourth-order valence-electron chi connectivity index (χ4n) is 0.990. The maximum atomic E-state index is 11.3. The van der Waals surface area contributed by atoms with Gasteiger partial charge in [0.2, 0.25) is 5.91 Å². The Hall–Kier alpha value is -1.63. The summed E-state index contributed by atoms with van der Waals surface area (Å²) in [6.07, 6.45) is 1.41. The van der Waals surface area contributed by atoms with Crippen LogP contribution in [0.3, 0.4) is 0 Å². The lowest BCUT2D eigenvalue weighted by molar-refractivity contribution is -0.122. The van der Waals surface area contributed by atoms with Crippen molar-refractivity contribution in [3.63, 3.8) is 0 Å². The molecule has 1 aromatic rings. The Balaban J connectivity index is 2.24. The molecule has 1 rings (SSSR count). The van der Waals surface area contributed by atoms with E-state index in [9.17, 15) is 4.79 Å². The minimum absolute atomic E-state index is 0.102. The van der Waals surface area contributed by atoms with Crippen molar-refractivity contribution in [2.75, 3.05) is 32.9 Å². The number of aromatic nitrogens is 3. The van der Waals surface area contributed by atoms with Crippen molar-refractivity contribution in [1.82, 2.24) is 25.2 Å². The van der Waals surface area contributed by atoms with Gasteiger partial charge in [-0.05, 0) is 14.1 Å². The van der Waals surface area contributed by atoms with Crippen molar-refractivity contribution in [1.29, 1.82) is 0 Å². The van der Waals surface area contributed by atoms with Crippen LogP contribution in [0.1, 0.15) is 0 Å². The largest absolute Gasteiger partial charge is 0.381 e. The van der Waals surface area contributed by atoms with Crippen molar-refractivity contribution in [3.8, 4) is 0 Å². The number of nitrogens with zero attached hydrogens (tertiary/aromatic N) is 4. The van der Waals surface area contributed by atoms with E-state index >= 15 is 0 Å². The Bertz CT molecular complexity index is 321. The molecule has 15 heavy (non-hydrogen) atoms. The van der Waals surface area contributed by atoms with Gasteiger partial charge in [-0.1, -0.05) is 0 Å². The van der Waals surface area contributed by atoms with Crippen LogP contribution in [-0.4, -0.2) is 53.0 Å². The molecule has 1 amide bonds. The molecule has 0 aliphatic carbocycles. The van der Waals surface area contributed by atoms with Gasteiger partial charge in [-0.25, -0.2) is 0 Å². The molecule has 3 N–H and O–H groups in total. The van der Waals surface area contributed by atoms with Crippen LogP contribution < -0.4 is 11.1 Å². The molecule has 0 unspecified atom stereocenters. The number of carbonyl (C=O) groups excluding carboxylic acids is 1. The Morgan fingerprint density at radius 1 is 1.67 bits per heavy atom. The molecule has 0 saturated heterocycles. The molecule has 84 valence electrons. The van der Waals surface area contributed by atoms with Crippen molar-refractivity contribution in [2.45, 2.75) is 6.54 Å². The molecule has 0 aromatic carbocycles. The minimum Gasteiger partial charge on any atom is -0.381 e. The smallest absolute Gasteiger partial charge is 0.243 e. The second-order valence-corrected chi connectivity index (χ2v) is 3.45. The number of likely N-dealkylation sites (N-methyl/N-ethyl adjacent to an activating group) is 1. The second kappa shape index (κ2) is 5.30. The lowest BCUT2D eigenvalue weighted by Gasteiger charge is -2.09. The standard InChI is InChI=1S/C8H16N6O/c1-13(2)4-3-10-8(15)6-14-11-5-7(9)12-14/h5H,3-4,6H2,1-2H3,(H2,9,12)(H,10,15). The summed E-state index contributed by atoms with van der Waals surface area (Å²) >= 11 is 0. The van der Waals surface area contributed by atoms with Crippen LogP contribution in [0, 0.1) is 0 Å². The fourth-order valence-corrected chi connectivity index (χ4v) is 0.990. The van der Waals surface area contributed by atoms with E-state index in [1.165, 1.54) is 11.0 Å². The monoisotopic (exact) mass is 212 g/mol. The molecule has 0 fully saturated rings. The first kappa shape index (κ1) is 11.4. The zero-order chi connectivity index (χ0) is 11.3. The number of carbonyl (C=O) groups is 1. The maximum Gasteiger partial charge on any atom is 0.243 e. The van der Waals surface area contributed by atoms with Crippen LogP contribution in [-0.2, 0) is 11.3 Å². The summed E-state index contributed by atoms with van der Waals surface area (Å²) in [5, 5.41) is 10.4. The van der Waals surface area contributed by atoms with Gasteiger partial charge in [0.05, 0.1) is 6.20 Å². The third-order valence-corrected chi connectivity index (χ3v) is 1.72. The van der Waals surface area contributed by atoms with Crippen LogP contribution in [0.5, 0.6) is 0 Å². The van der Waals surface area contributed by atoms with Gasteiger partial charge in [-0.2, -0.15) is 9.90 Å². The van der Waals surface area contributed by atoms with Crippen LogP contribution in [0.25, 0.3) is 0 Å². The van der Waals surface area contributed by atoms with E-state index in [0.29, 0.717) is 12.4 Å². The van der Waals surface area contributed by atoms with Gasteiger partial charge in [0, 0.05) is 13.1 Å². The summed E-state index contributed by atoms with van der Waals surface area (Å²) in [5.41, 5.74) is 5.36. The molecule has 7 heteroatoms. The normalized spacial score (nSPS) is 10.6. The highest BCUT2D eigenvalue weighted by Crippen LogP contribution is 1.89. The van der Waals surface area contributed by atoms with Crippen LogP contribution >= 0.6 is 0 Å². The summed E-state index contributed by atoms with van der Waals surface area (Å²) in [5.74, 6) is 0.198. The first-order chi connectivity index (χ1) is 7.08. The van der Waals surface area contributed by atoms with Gasteiger partial charge in [0.25, 0.3) is 0 Å². The molecule has 0 bridgehead atoms. The Morgan fingerprint density at radius 2 is 2.40 bits per heavy atom. The zero-order valence-electron chi connectivity index (χ0n) is 8.97. The number of amides is 1. The molecule has 7 nitrogen and oxygen atoms in total. The number of anilines is 1. The number of nitrogen functional groups attached to an aromatic ring is 1. The highest BCUT2D eigenvalue weighted by atomic mass is 16.2. The maximum absolute atomic E-state index is 11.3. The van der Waals surface area contributed by atoms with Gasteiger partial charge in [0.15, 0.2) is 5.82 Å². The molecular weight excluding hydrogens is 196 g/mol. The molecule has 1 heterocycles. The van der Waals surface area contributed by atoms with Gasteiger partial charge in [0.1, 0.15) is 6.54 Å². The summed E-state index contributed by atoms with van der Waals surface area (Å²) in [6.45, 7) is 1.52. The van der Waals surface area contributed by atoms with E-state index in [4.69, 9.17) is 5.73 Å². The third-order valence-electron chi connectivity index (χ3n) is 1.72. The average Bonchev–Trinajstić information content (AvgIpc) is 2.50. The summed E-state index contributed by atoms with van der Waals surface area (Å²) in [6, 6.07) is 0. The second-order valence-electron chi connectivity index (χ2n) is 3.45. The summed E-state index contributed by atoms with van der Waals surface area (Å²) in [4.78, 5) is 14.6. The molecule has 0 spiro atoms. The molecule has 0 aliphatic rings. The molecular formula is C8H16N6O. The summed E-state index contributed by atoms with van der Waals surface area (Å²) in [7, 11) is 3.89. The van der Waals surface area contributed by atoms with Crippen LogP contribution in [0.2, 0.25) is 0 Å². The van der Waals surface area contributed by atoms with Gasteiger partial charge in [-0.15, -0.1) is 5.10 Å². The Morgan fingerprint density at radius 3 is 2.93 bits per heavy atom. The van der Waals surface area contributed by atoms with E-state index in [1.54, 1.807) is 0 Å². The van der Waals surface area contributed by atoms with E-state index in [-0.39, 0.29) is 12.5 Å². The van der Waals surface area contributed by atoms with Crippen molar-refractivity contribution >= 4 is 11.7 Å². The van der Waals surface area contributed by atoms with Crippen molar-refractivity contribution in [2.24, 2.45) is 0 Å². The van der Waals surface area contributed by atoms with Gasteiger partial charge >= 0.3 is 0 Å². The van der Waals surface area contributed by atoms with Gasteiger partial charge in [-0.3, -0.25) is 4.79 Å². The van der Waals surface area contributed by atoms with Crippen LogP contribution in [0.4, 0.5) is 5.82 Å². The quantitative estimate of drug-likeness (QED) is 0.622. The molecule has 0 atom stereocenters. The number of rotatable bonds is 5. The highest BCUT2D eigenvalue weighted by molar-refractivity contribution is 5.75. The number of hydrogen-bond acceptors (Lipinski definition) is 5. The predicted molar refractivity (Wildman–Crippen MR) is 56.0 cm³/mol. The van der Waals surface area contributed by atoms with Gasteiger partial charge < -0.3 is 16.0 Å². The molecule has 1 aromatic heterocycles. The van der Waals surface area contributed by atoms with E-state index in [2.05, 4.69) is 15.5 Å². The predicted octanol–water partition coefficient (Wildman–Crippen LogP) is -1.46. The lowest BCUT2D eigenvalue weighted by atomic mass is 10.5. The van der Waals surface area contributed by atoms with E-state index in [0.717, 1.165) is 6.54 Å². The molecule has 0 saturated carbocycles.